The van der Waals surface area contributed by atoms with Crippen LogP contribution in [-0.2, 0) is 0 Å². The molecule has 0 aliphatic carbocycles. The normalized spacial score (nSPS) is 12.2. The first-order valence-electron chi connectivity index (χ1n) is 7.51. The predicted molar refractivity (Wildman–Crippen MR) is 81.9 cm³/mol. The number of nitrogens with two attached hydrogens (primary N) is 1. The lowest BCUT2D eigenvalue weighted by molar-refractivity contribution is 0.486. The third kappa shape index (κ3) is 16.2. The van der Waals surface area contributed by atoms with E-state index in [1.165, 1.54) is 70.6 Å². The standard InChI is InChI=1S/C15H33N.ClH/c1-3-4-5-6-7-8-9-10-11-12-13-15(2)14-16;/h15H,3-14,16H2,1-2H3;1H. The van der Waals surface area contributed by atoms with Crippen LogP contribution < -0.4 is 5.73 Å². The zero-order valence-electron chi connectivity index (χ0n) is 12.0. The summed E-state index contributed by atoms with van der Waals surface area (Å²) in [6.07, 6.45) is 15.6. The molecule has 0 bridgehead atoms. The van der Waals surface area contributed by atoms with Crippen molar-refractivity contribution in [1.29, 1.82) is 0 Å². The minimum absolute atomic E-state index is 0. The average Bonchev–Trinajstić information content (AvgIpc) is 2.31. The highest BCUT2D eigenvalue weighted by molar-refractivity contribution is 5.85. The van der Waals surface area contributed by atoms with E-state index in [9.17, 15) is 0 Å². The quantitative estimate of drug-likeness (QED) is 0.474. The van der Waals surface area contributed by atoms with Gasteiger partial charge in [0.15, 0.2) is 0 Å². The number of unbranched alkanes of at least 4 members (excludes halogenated alkanes) is 9. The van der Waals surface area contributed by atoms with Gasteiger partial charge in [-0.1, -0.05) is 78.1 Å². The Hall–Kier alpha value is 0.250. The van der Waals surface area contributed by atoms with Gasteiger partial charge in [-0.3, -0.25) is 0 Å². The second-order valence-electron chi connectivity index (χ2n) is 5.31. The van der Waals surface area contributed by atoms with Gasteiger partial charge in [-0.15, -0.1) is 12.4 Å². The molecular formula is C15H34ClN. The number of hydrogen-bond acceptors (Lipinski definition) is 1. The van der Waals surface area contributed by atoms with E-state index in [0.29, 0.717) is 0 Å². The highest BCUT2D eigenvalue weighted by atomic mass is 35.5. The van der Waals surface area contributed by atoms with Crippen molar-refractivity contribution in [2.24, 2.45) is 11.7 Å². The molecule has 1 atom stereocenters. The van der Waals surface area contributed by atoms with Crippen LogP contribution in [0, 0.1) is 5.92 Å². The summed E-state index contributed by atoms with van der Waals surface area (Å²) in [5.41, 5.74) is 5.59. The minimum Gasteiger partial charge on any atom is -0.330 e. The molecule has 2 heteroatoms. The summed E-state index contributed by atoms with van der Waals surface area (Å²) in [5.74, 6) is 0.731. The molecule has 0 aromatic rings. The highest BCUT2D eigenvalue weighted by Gasteiger charge is 1.98. The van der Waals surface area contributed by atoms with Crippen LogP contribution in [-0.4, -0.2) is 6.54 Å². The summed E-state index contributed by atoms with van der Waals surface area (Å²) < 4.78 is 0. The summed E-state index contributed by atoms with van der Waals surface area (Å²) in [7, 11) is 0. The molecule has 1 unspecified atom stereocenters. The SMILES string of the molecule is CCCCCCCCCCCCC(C)CN.Cl. The van der Waals surface area contributed by atoms with Gasteiger partial charge in [0.1, 0.15) is 0 Å². The van der Waals surface area contributed by atoms with Crippen LogP contribution in [0.25, 0.3) is 0 Å². The fourth-order valence-corrected chi connectivity index (χ4v) is 2.10. The first kappa shape index (κ1) is 19.6. The van der Waals surface area contributed by atoms with Crippen molar-refractivity contribution in [3.05, 3.63) is 0 Å². The van der Waals surface area contributed by atoms with Gasteiger partial charge in [-0.25, -0.2) is 0 Å². The average molecular weight is 264 g/mol. The molecule has 0 radical (unpaired) electrons. The molecule has 0 spiro atoms. The van der Waals surface area contributed by atoms with Gasteiger partial charge in [0.2, 0.25) is 0 Å². The van der Waals surface area contributed by atoms with Gasteiger partial charge in [0.25, 0.3) is 0 Å². The molecule has 0 aromatic carbocycles. The lowest BCUT2D eigenvalue weighted by Gasteiger charge is -2.07. The summed E-state index contributed by atoms with van der Waals surface area (Å²) in [5, 5.41) is 0. The van der Waals surface area contributed by atoms with Crippen LogP contribution in [0.2, 0.25) is 0 Å². The van der Waals surface area contributed by atoms with Gasteiger partial charge < -0.3 is 5.73 Å². The Labute approximate surface area is 115 Å². The van der Waals surface area contributed by atoms with E-state index < -0.39 is 0 Å². The van der Waals surface area contributed by atoms with Gasteiger partial charge in [-0.2, -0.15) is 0 Å². The smallest absolute Gasteiger partial charge is 0.00515 e. The Morgan fingerprint density at radius 2 is 1.18 bits per heavy atom. The molecular weight excluding hydrogens is 230 g/mol. The molecule has 0 aliphatic heterocycles. The van der Waals surface area contributed by atoms with E-state index in [2.05, 4.69) is 13.8 Å². The van der Waals surface area contributed by atoms with E-state index in [0.717, 1.165) is 12.5 Å². The molecule has 0 saturated carbocycles. The van der Waals surface area contributed by atoms with Crippen LogP contribution in [0.3, 0.4) is 0 Å². The zero-order chi connectivity index (χ0) is 12.1. The maximum Gasteiger partial charge on any atom is -0.00515 e. The predicted octanol–water partition coefficient (Wildman–Crippen LogP) is 5.31. The summed E-state index contributed by atoms with van der Waals surface area (Å²) in [6, 6.07) is 0. The molecule has 1 nitrogen and oxygen atoms in total. The number of rotatable bonds is 12. The van der Waals surface area contributed by atoms with E-state index >= 15 is 0 Å². The molecule has 0 aliphatic rings. The minimum atomic E-state index is 0. The topological polar surface area (TPSA) is 26.0 Å². The van der Waals surface area contributed by atoms with E-state index in [1.54, 1.807) is 0 Å². The molecule has 0 amide bonds. The van der Waals surface area contributed by atoms with Gasteiger partial charge in [-0.05, 0) is 18.9 Å². The van der Waals surface area contributed by atoms with Crippen molar-refractivity contribution >= 4 is 12.4 Å². The number of hydrogen-bond donors (Lipinski definition) is 1. The number of halogens is 1. The first-order chi connectivity index (χ1) is 7.81. The molecule has 0 rings (SSSR count). The maximum atomic E-state index is 5.59. The van der Waals surface area contributed by atoms with E-state index in [-0.39, 0.29) is 12.4 Å². The molecule has 0 aromatic heterocycles. The monoisotopic (exact) mass is 263 g/mol. The largest absolute Gasteiger partial charge is 0.330 e. The van der Waals surface area contributed by atoms with Crippen molar-refractivity contribution in [3.63, 3.8) is 0 Å². The van der Waals surface area contributed by atoms with Crippen molar-refractivity contribution in [1.82, 2.24) is 0 Å². The Balaban J connectivity index is 0. The Bertz CT molecular complexity index is 128. The van der Waals surface area contributed by atoms with Crippen molar-refractivity contribution < 1.29 is 0 Å². The Kier molecular flexibility index (Phi) is 18.7. The Morgan fingerprint density at radius 1 is 0.765 bits per heavy atom. The van der Waals surface area contributed by atoms with E-state index in [1.807, 2.05) is 0 Å². The van der Waals surface area contributed by atoms with Crippen LogP contribution in [0.1, 0.15) is 84.5 Å². The summed E-state index contributed by atoms with van der Waals surface area (Å²) in [6.45, 7) is 5.40. The van der Waals surface area contributed by atoms with Crippen LogP contribution in [0.4, 0.5) is 0 Å². The molecule has 0 saturated heterocycles. The van der Waals surface area contributed by atoms with Crippen LogP contribution in [0.5, 0.6) is 0 Å². The molecule has 106 valence electrons. The molecule has 17 heavy (non-hydrogen) atoms. The summed E-state index contributed by atoms with van der Waals surface area (Å²) in [4.78, 5) is 0. The van der Waals surface area contributed by atoms with Crippen molar-refractivity contribution in [2.75, 3.05) is 6.54 Å². The van der Waals surface area contributed by atoms with Crippen molar-refractivity contribution in [3.8, 4) is 0 Å². The zero-order valence-corrected chi connectivity index (χ0v) is 12.9. The lowest BCUT2D eigenvalue weighted by Crippen LogP contribution is -2.10. The van der Waals surface area contributed by atoms with Gasteiger partial charge in [0, 0.05) is 0 Å². The van der Waals surface area contributed by atoms with E-state index in [4.69, 9.17) is 5.73 Å². The van der Waals surface area contributed by atoms with Crippen LogP contribution >= 0.6 is 12.4 Å². The highest BCUT2D eigenvalue weighted by Crippen LogP contribution is 2.13. The van der Waals surface area contributed by atoms with Gasteiger partial charge >= 0.3 is 0 Å². The van der Waals surface area contributed by atoms with Crippen LogP contribution in [0.15, 0.2) is 0 Å². The molecule has 2 N–H and O–H groups in total. The third-order valence-corrected chi connectivity index (χ3v) is 3.45. The molecule has 0 fully saturated rings. The second kappa shape index (κ2) is 16.2. The fraction of sp³-hybridized carbons (Fsp3) is 1.00. The maximum absolute atomic E-state index is 5.59. The fourth-order valence-electron chi connectivity index (χ4n) is 2.10. The second-order valence-corrected chi connectivity index (χ2v) is 5.31. The first-order valence-corrected chi connectivity index (χ1v) is 7.51. The Morgan fingerprint density at radius 3 is 1.59 bits per heavy atom. The third-order valence-electron chi connectivity index (χ3n) is 3.45. The summed E-state index contributed by atoms with van der Waals surface area (Å²) >= 11 is 0. The lowest BCUT2D eigenvalue weighted by atomic mass is 10.0. The van der Waals surface area contributed by atoms with Gasteiger partial charge in [0.05, 0.1) is 0 Å². The van der Waals surface area contributed by atoms with Crippen molar-refractivity contribution in [2.45, 2.75) is 84.5 Å². The molecule has 0 heterocycles.